The molecule has 0 radical (unpaired) electrons. The maximum absolute atomic E-state index is 12.0. The number of amides is 1. The first kappa shape index (κ1) is 43.4. The van der Waals surface area contributed by atoms with Gasteiger partial charge in [0, 0.05) is 31.7 Å². The van der Waals surface area contributed by atoms with E-state index in [1.54, 1.807) is 13.8 Å². The Labute approximate surface area is 277 Å². The van der Waals surface area contributed by atoms with E-state index in [-0.39, 0.29) is 12.0 Å². The number of piperidine rings is 3. The largest absolute Gasteiger partial charge is 0.394 e. The number of aliphatic hydroxyl groups is 1. The quantitative estimate of drug-likeness (QED) is 0.332. The molecule has 5 heteroatoms. The van der Waals surface area contributed by atoms with E-state index in [0.29, 0.717) is 5.91 Å². The summed E-state index contributed by atoms with van der Waals surface area (Å²) >= 11 is 0. The molecule has 4 rings (SSSR count). The van der Waals surface area contributed by atoms with Crippen molar-refractivity contribution in [3.63, 3.8) is 0 Å². The number of hydrogen-bond donors (Lipinski definition) is 1. The molecule has 0 atom stereocenters. The fourth-order valence-electron chi connectivity index (χ4n) is 6.87. The predicted molar refractivity (Wildman–Crippen MR) is 194 cm³/mol. The van der Waals surface area contributed by atoms with Crippen molar-refractivity contribution in [2.45, 2.75) is 153 Å². The molecule has 1 aliphatic carbocycles. The van der Waals surface area contributed by atoms with Crippen LogP contribution in [-0.4, -0.2) is 84.7 Å². The summed E-state index contributed by atoms with van der Waals surface area (Å²) in [7, 11) is 2.22. The van der Waals surface area contributed by atoms with Crippen molar-refractivity contribution >= 4 is 5.91 Å². The molecule has 0 aromatic rings. The molecule has 5 nitrogen and oxygen atoms in total. The van der Waals surface area contributed by atoms with Crippen LogP contribution in [0.25, 0.3) is 0 Å². The summed E-state index contributed by atoms with van der Waals surface area (Å²) in [6, 6.07) is 0. The second-order valence-electron chi connectivity index (χ2n) is 15.5. The standard InChI is InChI=1S/C18H34N2O.C9H19N.C7H14.C3H8O.C2H6/c1-14(2)17-7-9-19(10-8-17)13-16-5-11-20(12-6-16)18(21)15(3)4;1-8(2)9-4-6-10(3)7-5-9;1-7-5-3-2-4-6-7;1-3(2)4;1-2/h14-17H,5-13H2,1-4H3;8-9H,4-7H2,1-3H3;7H,2-6H2,1H3;3-4H,1-2H3;1-2H3. The average molecular weight is 624 g/mol. The van der Waals surface area contributed by atoms with Gasteiger partial charge in [0.05, 0.1) is 0 Å². The first-order valence-corrected chi connectivity index (χ1v) is 19.2. The topological polar surface area (TPSA) is 47.0 Å². The Bertz CT molecular complexity index is 648. The van der Waals surface area contributed by atoms with Crippen LogP contribution in [0.15, 0.2) is 0 Å². The van der Waals surface area contributed by atoms with Gasteiger partial charge in [-0.05, 0) is 121 Å². The van der Waals surface area contributed by atoms with Crippen LogP contribution in [0.5, 0.6) is 0 Å². The summed E-state index contributed by atoms with van der Waals surface area (Å²) in [6.45, 7) is 31.6. The van der Waals surface area contributed by atoms with Crippen molar-refractivity contribution in [1.82, 2.24) is 14.7 Å². The zero-order chi connectivity index (χ0) is 33.7. The minimum Gasteiger partial charge on any atom is -0.394 e. The van der Waals surface area contributed by atoms with Gasteiger partial charge in [-0.3, -0.25) is 4.79 Å². The van der Waals surface area contributed by atoms with Crippen LogP contribution in [0.4, 0.5) is 0 Å². The van der Waals surface area contributed by atoms with E-state index < -0.39 is 0 Å². The van der Waals surface area contributed by atoms with Crippen LogP contribution >= 0.6 is 0 Å². The highest BCUT2D eigenvalue weighted by Crippen LogP contribution is 2.27. The smallest absolute Gasteiger partial charge is 0.225 e. The van der Waals surface area contributed by atoms with Crippen molar-refractivity contribution in [2.75, 3.05) is 52.9 Å². The number of hydrogen-bond acceptors (Lipinski definition) is 4. The Balaban J connectivity index is 0.000000662. The number of carbonyl (C=O) groups is 1. The molecule has 264 valence electrons. The normalized spacial score (nSPS) is 21.5. The highest BCUT2D eigenvalue weighted by molar-refractivity contribution is 5.78. The number of aliphatic hydroxyl groups excluding tert-OH is 1. The average Bonchev–Trinajstić information content (AvgIpc) is 2.99. The van der Waals surface area contributed by atoms with E-state index >= 15 is 0 Å². The fraction of sp³-hybridized carbons (Fsp3) is 0.974. The fourth-order valence-corrected chi connectivity index (χ4v) is 6.87. The predicted octanol–water partition coefficient (Wildman–Crippen LogP) is 9.23. The van der Waals surface area contributed by atoms with Gasteiger partial charge in [-0.1, -0.05) is 94.4 Å². The number of likely N-dealkylation sites (tertiary alicyclic amines) is 3. The maximum Gasteiger partial charge on any atom is 0.225 e. The molecule has 0 unspecified atom stereocenters. The van der Waals surface area contributed by atoms with Crippen LogP contribution in [-0.2, 0) is 4.79 Å². The number of rotatable bonds is 5. The first-order chi connectivity index (χ1) is 20.8. The molecular weight excluding hydrogens is 542 g/mol. The molecule has 3 saturated heterocycles. The van der Waals surface area contributed by atoms with Gasteiger partial charge in [0.2, 0.25) is 5.91 Å². The molecule has 0 bridgehead atoms. The van der Waals surface area contributed by atoms with Crippen LogP contribution in [0.3, 0.4) is 0 Å². The molecular formula is C39H81N3O2. The molecule has 3 aliphatic heterocycles. The Kier molecular flexibility index (Phi) is 25.1. The lowest BCUT2D eigenvalue weighted by atomic mass is 9.86. The van der Waals surface area contributed by atoms with Crippen molar-refractivity contribution < 1.29 is 9.90 Å². The lowest BCUT2D eigenvalue weighted by molar-refractivity contribution is -0.135. The summed E-state index contributed by atoms with van der Waals surface area (Å²) in [4.78, 5) is 19.2. The van der Waals surface area contributed by atoms with Crippen LogP contribution in [0.2, 0.25) is 0 Å². The van der Waals surface area contributed by atoms with Gasteiger partial charge in [0.15, 0.2) is 0 Å². The van der Waals surface area contributed by atoms with Gasteiger partial charge < -0.3 is 19.8 Å². The first-order valence-electron chi connectivity index (χ1n) is 19.2. The van der Waals surface area contributed by atoms with E-state index in [9.17, 15) is 4.79 Å². The summed E-state index contributed by atoms with van der Waals surface area (Å²) < 4.78 is 0. The Morgan fingerprint density at radius 1 is 0.659 bits per heavy atom. The van der Waals surface area contributed by atoms with Crippen molar-refractivity contribution in [1.29, 1.82) is 0 Å². The van der Waals surface area contributed by atoms with Crippen LogP contribution in [0, 0.1) is 41.4 Å². The van der Waals surface area contributed by atoms with Crippen LogP contribution in [0.1, 0.15) is 147 Å². The van der Waals surface area contributed by atoms with Gasteiger partial charge in [-0.2, -0.15) is 0 Å². The van der Waals surface area contributed by atoms with Gasteiger partial charge >= 0.3 is 0 Å². The van der Waals surface area contributed by atoms with E-state index in [0.717, 1.165) is 48.6 Å². The Hall–Kier alpha value is -0.650. The van der Waals surface area contributed by atoms with Gasteiger partial charge in [0.1, 0.15) is 0 Å². The second kappa shape index (κ2) is 25.4. The third-order valence-electron chi connectivity index (χ3n) is 10.1. The molecule has 4 fully saturated rings. The van der Waals surface area contributed by atoms with E-state index in [2.05, 4.69) is 56.4 Å². The summed E-state index contributed by atoms with van der Waals surface area (Å²) in [5.74, 6) is 6.00. The Morgan fingerprint density at radius 3 is 1.41 bits per heavy atom. The molecule has 4 aliphatic rings. The highest BCUT2D eigenvalue weighted by atomic mass is 16.3. The Morgan fingerprint density at radius 2 is 1.07 bits per heavy atom. The summed E-state index contributed by atoms with van der Waals surface area (Å²) in [5.41, 5.74) is 0. The van der Waals surface area contributed by atoms with Crippen molar-refractivity contribution in [3.8, 4) is 0 Å². The maximum atomic E-state index is 12.0. The van der Waals surface area contributed by atoms with Crippen LogP contribution < -0.4 is 0 Å². The molecule has 0 aromatic carbocycles. The van der Waals surface area contributed by atoms with Crippen molar-refractivity contribution in [2.24, 2.45) is 41.4 Å². The summed E-state index contributed by atoms with van der Waals surface area (Å²) in [5, 5.41) is 8.06. The third kappa shape index (κ3) is 20.5. The minimum atomic E-state index is -0.167. The lowest BCUT2D eigenvalue weighted by Gasteiger charge is -2.38. The minimum absolute atomic E-state index is 0.150. The van der Waals surface area contributed by atoms with Gasteiger partial charge in [-0.25, -0.2) is 0 Å². The van der Waals surface area contributed by atoms with Gasteiger partial charge in [-0.15, -0.1) is 0 Å². The SMILES string of the molecule is CC.CC(C)C(=O)N1CCC(CN2CCC(C(C)C)CC2)CC1.CC(C)C1CCN(C)CC1.CC(C)O.CC1CCCCC1. The van der Waals surface area contributed by atoms with E-state index in [1.165, 1.54) is 103 Å². The highest BCUT2D eigenvalue weighted by Gasteiger charge is 2.27. The zero-order valence-corrected chi connectivity index (χ0v) is 32.0. The lowest BCUT2D eigenvalue weighted by Crippen LogP contribution is -2.44. The summed E-state index contributed by atoms with van der Waals surface area (Å²) in [6.07, 6.45) is 15.2. The molecule has 1 N–H and O–H groups in total. The molecule has 0 spiro atoms. The molecule has 44 heavy (non-hydrogen) atoms. The number of nitrogens with zero attached hydrogens (tertiary/aromatic N) is 3. The van der Waals surface area contributed by atoms with E-state index in [4.69, 9.17) is 5.11 Å². The molecule has 3 heterocycles. The van der Waals surface area contributed by atoms with Gasteiger partial charge in [0.25, 0.3) is 0 Å². The second-order valence-corrected chi connectivity index (χ2v) is 15.5. The third-order valence-corrected chi connectivity index (χ3v) is 10.1. The monoisotopic (exact) mass is 624 g/mol. The zero-order valence-electron chi connectivity index (χ0n) is 32.0. The number of carbonyl (C=O) groups excluding carboxylic acids is 1. The molecule has 1 amide bonds. The molecule has 1 saturated carbocycles. The molecule has 0 aromatic heterocycles. The van der Waals surface area contributed by atoms with E-state index in [1.807, 2.05) is 27.7 Å². The van der Waals surface area contributed by atoms with Crippen molar-refractivity contribution in [3.05, 3.63) is 0 Å².